The number of hydrogen-bond donors (Lipinski definition) is 3. The fourth-order valence-electron chi connectivity index (χ4n) is 2.57. The van der Waals surface area contributed by atoms with Crippen molar-refractivity contribution in [1.82, 2.24) is 15.0 Å². The summed E-state index contributed by atoms with van der Waals surface area (Å²) in [6.07, 6.45) is 1.54. The highest BCUT2D eigenvalue weighted by Gasteiger charge is 2.12. The number of nitrogens with one attached hydrogen (secondary N) is 3. The molecule has 10 heteroatoms. The number of benzene rings is 2. The Morgan fingerprint density at radius 3 is 2.93 bits per heavy atom. The number of aromatic nitrogens is 3. The van der Waals surface area contributed by atoms with Gasteiger partial charge in [0, 0.05) is 11.9 Å². The normalized spacial score (nSPS) is 10.8. The molecule has 0 spiro atoms. The van der Waals surface area contributed by atoms with Crippen molar-refractivity contribution >= 4 is 50.2 Å². The van der Waals surface area contributed by atoms with Crippen LogP contribution < -0.4 is 21.1 Å². The smallest absolute Gasteiger partial charge is 0.417 e. The molecule has 142 valence electrons. The van der Waals surface area contributed by atoms with Gasteiger partial charge in [-0.3, -0.25) is 4.98 Å². The number of H-pyrrole nitrogens is 1. The van der Waals surface area contributed by atoms with E-state index in [1.807, 2.05) is 0 Å². The summed E-state index contributed by atoms with van der Waals surface area (Å²) in [4.78, 5) is 22.4. The standard InChI is InChI=1S/C18H13BrFN5O3/c1-27-14-4-2-3-11(15(14)20)23-17-21-8-10(19)16(25-17)22-9-5-6-13-12(7-9)24-18(26)28-13/h2-8H,1H3,(H,24,26)(H2,21,22,23,25). The number of aromatic amines is 1. The Bertz CT molecular complexity index is 1220. The summed E-state index contributed by atoms with van der Waals surface area (Å²) in [7, 11) is 1.39. The van der Waals surface area contributed by atoms with E-state index < -0.39 is 11.6 Å². The van der Waals surface area contributed by atoms with Crippen LogP contribution in [-0.2, 0) is 0 Å². The number of oxazole rings is 1. The maximum atomic E-state index is 14.3. The monoisotopic (exact) mass is 445 g/mol. The minimum Gasteiger partial charge on any atom is -0.494 e. The second-order valence-corrected chi connectivity index (χ2v) is 6.54. The molecule has 0 saturated heterocycles. The Hall–Kier alpha value is -3.40. The SMILES string of the molecule is COc1cccc(Nc2ncc(Br)c(Nc3ccc4oc(=O)[nH]c4c3)n2)c1F. The molecule has 28 heavy (non-hydrogen) atoms. The van der Waals surface area contributed by atoms with Gasteiger partial charge in [0.05, 0.1) is 22.8 Å². The molecule has 0 aliphatic rings. The largest absolute Gasteiger partial charge is 0.494 e. The van der Waals surface area contributed by atoms with Crippen LogP contribution in [0.25, 0.3) is 11.1 Å². The molecule has 2 heterocycles. The van der Waals surface area contributed by atoms with Gasteiger partial charge in [0.1, 0.15) is 5.82 Å². The van der Waals surface area contributed by atoms with Crippen LogP contribution >= 0.6 is 15.9 Å². The highest BCUT2D eigenvalue weighted by molar-refractivity contribution is 9.10. The van der Waals surface area contributed by atoms with Crippen LogP contribution in [0.4, 0.5) is 27.5 Å². The zero-order valence-electron chi connectivity index (χ0n) is 14.4. The first-order valence-electron chi connectivity index (χ1n) is 8.05. The van der Waals surface area contributed by atoms with E-state index in [9.17, 15) is 9.18 Å². The van der Waals surface area contributed by atoms with Crippen molar-refractivity contribution in [2.75, 3.05) is 17.7 Å². The van der Waals surface area contributed by atoms with Crippen molar-refractivity contribution in [3.8, 4) is 5.75 Å². The highest BCUT2D eigenvalue weighted by Crippen LogP contribution is 2.29. The molecule has 0 aliphatic heterocycles. The lowest BCUT2D eigenvalue weighted by atomic mass is 10.3. The van der Waals surface area contributed by atoms with Gasteiger partial charge in [-0.25, -0.2) is 14.2 Å². The van der Waals surface area contributed by atoms with E-state index in [4.69, 9.17) is 9.15 Å². The van der Waals surface area contributed by atoms with Gasteiger partial charge < -0.3 is 19.8 Å². The molecule has 0 aliphatic carbocycles. The molecule has 4 rings (SSSR count). The Morgan fingerprint density at radius 2 is 2.11 bits per heavy atom. The molecular formula is C18H13BrFN5O3. The first-order valence-corrected chi connectivity index (χ1v) is 8.85. The van der Waals surface area contributed by atoms with Crippen LogP contribution in [0.5, 0.6) is 5.75 Å². The molecule has 0 atom stereocenters. The maximum absolute atomic E-state index is 14.3. The second kappa shape index (κ2) is 7.31. The van der Waals surface area contributed by atoms with Crippen molar-refractivity contribution in [3.05, 3.63) is 63.4 Å². The average molecular weight is 446 g/mol. The predicted molar refractivity (Wildman–Crippen MR) is 106 cm³/mol. The number of ether oxygens (including phenoxy) is 1. The molecule has 0 amide bonds. The maximum Gasteiger partial charge on any atom is 0.417 e. The molecule has 0 radical (unpaired) electrons. The number of hydrogen-bond acceptors (Lipinski definition) is 7. The molecule has 0 saturated carbocycles. The van der Waals surface area contributed by atoms with Crippen molar-refractivity contribution in [2.24, 2.45) is 0 Å². The molecule has 3 N–H and O–H groups in total. The summed E-state index contributed by atoms with van der Waals surface area (Å²) in [6.45, 7) is 0. The summed E-state index contributed by atoms with van der Waals surface area (Å²) in [5.74, 6) is -0.313. The molecule has 2 aromatic heterocycles. The van der Waals surface area contributed by atoms with Gasteiger partial charge in [-0.05, 0) is 46.3 Å². The van der Waals surface area contributed by atoms with E-state index in [1.54, 1.807) is 30.3 Å². The first kappa shape index (κ1) is 18.0. The van der Waals surface area contributed by atoms with Crippen molar-refractivity contribution in [2.45, 2.75) is 0 Å². The fraction of sp³-hybridized carbons (Fsp3) is 0.0556. The molecule has 0 bridgehead atoms. The number of anilines is 4. The third kappa shape index (κ3) is 3.54. The zero-order chi connectivity index (χ0) is 19.7. The lowest BCUT2D eigenvalue weighted by Gasteiger charge is -2.11. The van der Waals surface area contributed by atoms with E-state index in [-0.39, 0.29) is 17.4 Å². The van der Waals surface area contributed by atoms with Gasteiger partial charge in [0.25, 0.3) is 0 Å². The molecule has 4 aromatic rings. The summed E-state index contributed by atoms with van der Waals surface area (Å²) in [6, 6.07) is 9.84. The zero-order valence-corrected chi connectivity index (χ0v) is 16.0. The number of halogens is 2. The van der Waals surface area contributed by atoms with Crippen molar-refractivity contribution in [1.29, 1.82) is 0 Å². The number of rotatable bonds is 5. The van der Waals surface area contributed by atoms with Gasteiger partial charge in [-0.2, -0.15) is 4.98 Å². The van der Waals surface area contributed by atoms with Crippen LogP contribution in [0.3, 0.4) is 0 Å². The van der Waals surface area contributed by atoms with Crippen LogP contribution in [0.15, 0.2) is 56.3 Å². The summed E-state index contributed by atoms with van der Waals surface area (Å²) in [5.41, 5.74) is 1.86. The fourth-order valence-corrected chi connectivity index (χ4v) is 2.86. The topological polar surface area (TPSA) is 105 Å². The van der Waals surface area contributed by atoms with Crippen LogP contribution in [0.2, 0.25) is 0 Å². The second-order valence-electron chi connectivity index (χ2n) is 5.69. The quantitative estimate of drug-likeness (QED) is 0.420. The van der Waals surface area contributed by atoms with E-state index in [2.05, 4.69) is 41.5 Å². The minimum absolute atomic E-state index is 0.114. The highest BCUT2D eigenvalue weighted by atomic mass is 79.9. The summed E-state index contributed by atoms with van der Waals surface area (Å²) < 4.78 is 24.9. The van der Waals surface area contributed by atoms with Gasteiger partial charge in [0.15, 0.2) is 17.1 Å². The van der Waals surface area contributed by atoms with E-state index in [0.717, 1.165) is 0 Å². The number of methoxy groups -OCH3 is 1. The molecule has 0 fully saturated rings. The minimum atomic E-state index is -0.541. The third-order valence-electron chi connectivity index (χ3n) is 3.86. The Kier molecular flexibility index (Phi) is 4.70. The molecule has 0 unspecified atom stereocenters. The van der Waals surface area contributed by atoms with Gasteiger partial charge >= 0.3 is 5.76 Å². The van der Waals surface area contributed by atoms with Gasteiger partial charge in [0.2, 0.25) is 5.95 Å². The molecule has 2 aromatic carbocycles. The average Bonchev–Trinajstić information content (AvgIpc) is 3.05. The van der Waals surface area contributed by atoms with Gasteiger partial charge in [-0.1, -0.05) is 6.07 Å². The van der Waals surface area contributed by atoms with Crippen molar-refractivity contribution in [3.63, 3.8) is 0 Å². The van der Waals surface area contributed by atoms with E-state index in [1.165, 1.54) is 19.4 Å². The summed E-state index contributed by atoms with van der Waals surface area (Å²) >= 11 is 3.38. The van der Waals surface area contributed by atoms with Gasteiger partial charge in [-0.15, -0.1) is 0 Å². The first-order chi connectivity index (χ1) is 13.5. The van der Waals surface area contributed by atoms with Crippen molar-refractivity contribution < 1.29 is 13.5 Å². The van der Waals surface area contributed by atoms with Crippen LogP contribution in [0.1, 0.15) is 0 Å². The Balaban J connectivity index is 1.62. The lowest BCUT2D eigenvalue weighted by molar-refractivity contribution is 0.387. The van der Waals surface area contributed by atoms with Crippen LogP contribution in [-0.4, -0.2) is 22.1 Å². The predicted octanol–water partition coefficient (Wildman–Crippen LogP) is 4.31. The van der Waals surface area contributed by atoms with E-state index >= 15 is 0 Å². The summed E-state index contributed by atoms with van der Waals surface area (Å²) in [5, 5.41) is 5.95. The van der Waals surface area contributed by atoms with Crippen LogP contribution in [0, 0.1) is 5.82 Å². The third-order valence-corrected chi connectivity index (χ3v) is 4.44. The molecule has 8 nitrogen and oxygen atoms in total. The molecular weight excluding hydrogens is 433 g/mol. The Labute approximate surface area is 165 Å². The van der Waals surface area contributed by atoms with E-state index in [0.29, 0.717) is 27.1 Å². The lowest BCUT2D eigenvalue weighted by Crippen LogP contribution is -2.03. The number of fused-ring (bicyclic) bond motifs is 1. The Morgan fingerprint density at radius 1 is 1.25 bits per heavy atom. The number of nitrogens with zero attached hydrogens (tertiary/aromatic N) is 2.